The SMILES string of the molecule is CCCNC(=O)[C@H](CC)N(Cc1ccccc1)C(=O)CSCc1ccccc1F. The van der Waals surface area contributed by atoms with Gasteiger partial charge in [0.25, 0.3) is 0 Å². The van der Waals surface area contributed by atoms with Gasteiger partial charge in [0.05, 0.1) is 5.75 Å². The molecule has 2 aromatic rings. The number of halogens is 1. The fourth-order valence-electron chi connectivity index (χ4n) is 3.01. The maximum Gasteiger partial charge on any atom is 0.242 e. The quantitative estimate of drug-likeness (QED) is 0.591. The Balaban J connectivity index is 2.08. The highest BCUT2D eigenvalue weighted by Crippen LogP contribution is 2.18. The standard InChI is InChI=1S/C23H29FN2O2S/c1-3-14-25-23(28)21(4-2)26(15-18-10-6-5-7-11-18)22(27)17-29-16-19-12-8-9-13-20(19)24/h5-13,21H,3-4,14-17H2,1-2H3,(H,25,28)/t21-/m0/s1. The first-order valence-electron chi connectivity index (χ1n) is 9.99. The molecular formula is C23H29FN2O2S. The molecule has 29 heavy (non-hydrogen) atoms. The van der Waals surface area contributed by atoms with Crippen molar-refractivity contribution in [1.82, 2.24) is 10.2 Å². The zero-order valence-corrected chi connectivity index (χ0v) is 17.9. The highest BCUT2D eigenvalue weighted by molar-refractivity contribution is 7.99. The second kappa shape index (κ2) is 12.3. The summed E-state index contributed by atoms with van der Waals surface area (Å²) in [7, 11) is 0. The first-order chi connectivity index (χ1) is 14.1. The van der Waals surface area contributed by atoms with E-state index < -0.39 is 6.04 Å². The molecule has 4 nitrogen and oxygen atoms in total. The van der Waals surface area contributed by atoms with Crippen molar-refractivity contribution in [2.45, 2.75) is 45.0 Å². The van der Waals surface area contributed by atoms with E-state index in [1.807, 2.05) is 44.2 Å². The molecule has 0 saturated heterocycles. The zero-order chi connectivity index (χ0) is 21.1. The minimum absolute atomic E-state index is 0.117. The van der Waals surface area contributed by atoms with Crippen LogP contribution in [0.3, 0.4) is 0 Å². The van der Waals surface area contributed by atoms with Crippen molar-refractivity contribution in [3.63, 3.8) is 0 Å². The Morgan fingerprint density at radius 3 is 2.41 bits per heavy atom. The van der Waals surface area contributed by atoms with Crippen LogP contribution in [0.25, 0.3) is 0 Å². The van der Waals surface area contributed by atoms with Gasteiger partial charge in [-0.3, -0.25) is 9.59 Å². The molecule has 0 aliphatic carbocycles. The van der Waals surface area contributed by atoms with Crippen molar-refractivity contribution in [1.29, 1.82) is 0 Å². The first kappa shape index (κ1) is 22.9. The van der Waals surface area contributed by atoms with Crippen LogP contribution in [0, 0.1) is 5.82 Å². The van der Waals surface area contributed by atoms with Gasteiger partial charge in [0, 0.05) is 18.8 Å². The molecule has 156 valence electrons. The number of hydrogen-bond acceptors (Lipinski definition) is 3. The Morgan fingerprint density at radius 1 is 1.07 bits per heavy atom. The molecule has 1 N–H and O–H groups in total. The first-order valence-corrected chi connectivity index (χ1v) is 11.1. The topological polar surface area (TPSA) is 49.4 Å². The number of carbonyl (C=O) groups excluding carboxylic acids is 2. The van der Waals surface area contributed by atoms with E-state index in [4.69, 9.17) is 0 Å². The molecule has 2 amide bonds. The Bertz CT molecular complexity index is 785. The van der Waals surface area contributed by atoms with E-state index in [2.05, 4.69) is 5.32 Å². The van der Waals surface area contributed by atoms with E-state index in [1.165, 1.54) is 17.8 Å². The van der Waals surface area contributed by atoms with Gasteiger partial charge in [0.2, 0.25) is 11.8 Å². The number of benzene rings is 2. The maximum atomic E-state index is 13.8. The van der Waals surface area contributed by atoms with Crippen molar-refractivity contribution in [3.8, 4) is 0 Å². The summed E-state index contributed by atoms with van der Waals surface area (Å²) in [6, 6.07) is 15.7. The van der Waals surface area contributed by atoms with Crippen LogP contribution >= 0.6 is 11.8 Å². The molecule has 0 heterocycles. The Labute approximate surface area is 176 Å². The van der Waals surface area contributed by atoms with Gasteiger partial charge >= 0.3 is 0 Å². The van der Waals surface area contributed by atoms with Crippen molar-refractivity contribution in [3.05, 3.63) is 71.5 Å². The van der Waals surface area contributed by atoms with Crippen molar-refractivity contribution in [2.75, 3.05) is 12.3 Å². The average Bonchev–Trinajstić information content (AvgIpc) is 2.74. The summed E-state index contributed by atoms with van der Waals surface area (Å²) in [4.78, 5) is 27.3. The Morgan fingerprint density at radius 2 is 1.76 bits per heavy atom. The number of nitrogens with one attached hydrogen (secondary N) is 1. The van der Waals surface area contributed by atoms with Crippen LogP contribution in [0.15, 0.2) is 54.6 Å². The Kier molecular flexibility index (Phi) is 9.71. The monoisotopic (exact) mass is 416 g/mol. The van der Waals surface area contributed by atoms with Crippen LogP contribution in [-0.2, 0) is 21.9 Å². The molecule has 0 aromatic heterocycles. The summed E-state index contributed by atoms with van der Waals surface area (Å²) in [6.07, 6.45) is 1.37. The van der Waals surface area contributed by atoms with Gasteiger partial charge in [-0.15, -0.1) is 11.8 Å². The summed E-state index contributed by atoms with van der Waals surface area (Å²) in [5.74, 6) is 0.0974. The molecule has 0 aliphatic heterocycles. The van der Waals surface area contributed by atoms with Crippen molar-refractivity contribution >= 4 is 23.6 Å². The van der Waals surface area contributed by atoms with E-state index in [-0.39, 0.29) is 23.4 Å². The predicted octanol–water partition coefficient (Wildman–Crippen LogP) is 4.39. The molecule has 0 aliphatic rings. The fraction of sp³-hybridized carbons (Fsp3) is 0.391. The lowest BCUT2D eigenvalue weighted by molar-refractivity contribution is -0.139. The van der Waals surface area contributed by atoms with Gasteiger partial charge in [-0.05, 0) is 30.0 Å². The van der Waals surface area contributed by atoms with Crippen LogP contribution in [0.5, 0.6) is 0 Å². The van der Waals surface area contributed by atoms with E-state index >= 15 is 0 Å². The number of hydrogen-bond donors (Lipinski definition) is 1. The highest BCUT2D eigenvalue weighted by atomic mass is 32.2. The number of nitrogens with zero attached hydrogens (tertiary/aromatic N) is 1. The lowest BCUT2D eigenvalue weighted by Crippen LogP contribution is -2.49. The molecule has 2 rings (SSSR count). The Hall–Kier alpha value is -2.34. The number of rotatable bonds is 11. The summed E-state index contributed by atoms with van der Waals surface area (Å²) < 4.78 is 13.8. The third-order valence-corrected chi connectivity index (χ3v) is 5.54. The van der Waals surface area contributed by atoms with E-state index in [0.29, 0.717) is 30.8 Å². The van der Waals surface area contributed by atoms with E-state index in [9.17, 15) is 14.0 Å². The fourth-order valence-corrected chi connectivity index (χ4v) is 3.91. The molecular weight excluding hydrogens is 387 g/mol. The van der Waals surface area contributed by atoms with Gasteiger partial charge in [-0.2, -0.15) is 0 Å². The largest absolute Gasteiger partial charge is 0.354 e. The molecule has 6 heteroatoms. The lowest BCUT2D eigenvalue weighted by Gasteiger charge is -2.30. The van der Waals surface area contributed by atoms with Gasteiger partial charge < -0.3 is 10.2 Å². The molecule has 0 radical (unpaired) electrons. The molecule has 0 fully saturated rings. The van der Waals surface area contributed by atoms with Crippen LogP contribution in [-0.4, -0.2) is 35.1 Å². The van der Waals surface area contributed by atoms with Crippen LogP contribution < -0.4 is 5.32 Å². The lowest BCUT2D eigenvalue weighted by atomic mass is 10.1. The van der Waals surface area contributed by atoms with Gasteiger partial charge in [-0.1, -0.05) is 62.4 Å². The molecule has 0 unspecified atom stereocenters. The highest BCUT2D eigenvalue weighted by Gasteiger charge is 2.28. The maximum absolute atomic E-state index is 13.8. The molecule has 2 aromatic carbocycles. The summed E-state index contributed by atoms with van der Waals surface area (Å²) in [6.45, 7) is 4.87. The van der Waals surface area contributed by atoms with Crippen molar-refractivity contribution in [2.24, 2.45) is 0 Å². The van der Waals surface area contributed by atoms with Gasteiger partial charge in [0.1, 0.15) is 11.9 Å². The summed E-state index contributed by atoms with van der Waals surface area (Å²) in [5, 5.41) is 2.90. The van der Waals surface area contributed by atoms with Gasteiger partial charge in [-0.25, -0.2) is 4.39 Å². The minimum Gasteiger partial charge on any atom is -0.354 e. The third kappa shape index (κ3) is 7.20. The summed E-state index contributed by atoms with van der Waals surface area (Å²) >= 11 is 1.36. The predicted molar refractivity (Wildman–Crippen MR) is 117 cm³/mol. The molecule has 1 atom stereocenters. The van der Waals surface area contributed by atoms with E-state index in [1.54, 1.807) is 23.1 Å². The number of amides is 2. The van der Waals surface area contributed by atoms with E-state index in [0.717, 1.165) is 12.0 Å². The summed E-state index contributed by atoms with van der Waals surface area (Å²) in [5.41, 5.74) is 1.55. The molecule has 0 spiro atoms. The zero-order valence-electron chi connectivity index (χ0n) is 17.1. The number of carbonyl (C=O) groups is 2. The normalized spacial score (nSPS) is 11.7. The van der Waals surface area contributed by atoms with Crippen molar-refractivity contribution < 1.29 is 14.0 Å². The second-order valence-electron chi connectivity index (χ2n) is 6.81. The molecule has 0 bridgehead atoms. The average molecular weight is 417 g/mol. The van der Waals surface area contributed by atoms with Crippen LogP contribution in [0.4, 0.5) is 4.39 Å². The third-order valence-electron chi connectivity index (χ3n) is 4.57. The smallest absolute Gasteiger partial charge is 0.242 e. The molecule has 0 saturated carbocycles. The van der Waals surface area contributed by atoms with Gasteiger partial charge in [0.15, 0.2) is 0 Å². The second-order valence-corrected chi connectivity index (χ2v) is 7.79. The minimum atomic E-state index is -0.525. The number of thioether (sulfide) groups is 1. The van der Waals surface area contributed by atoms with Crippen LogP contribution in [0.2, 0.25) is 0 Å². The van der Waals surface area contributed by atoms with Crippen LogP contribution in [0.1, 0.15) is 37.8 Å².